The van der Waals surface area contributed by atoms with Crippen molar-refractivity contribution in [1.82, 2.24) is 25.1 Å². The molecule has 2 aromatic heterocycles. The first-order valence-electron chi connectivity index (χ1n) is 8.75. The lowest BCUT2D eigenvalue weighted by molar-refractivity contribution is -0.118. The van der Waals surface area contributed by atoms with E-state index in [9.17, 15) is 4.79 Å². The van der Waals surface area contributed by atoms with Gasteiger partial charge in [0.1, 0.15) is 5.82 Å². The van der Waals surface area contributed by atoms with Crippen molar-refractivity contribution in [3.05, 3.63) is 64.7 Å². The third-order valence-electron chi connectivity index (χ3n) is 4.15. The van der Waals surface area contributed by atoms with Gasteiger partial charge in [-0.1, -0.05) is 30.0 Å². The molecule has 0 aliphatic heterocycles. The van der Waals surface area contributed by atoms with Gasteiger partial charge < -0.3 is 5.32 Å². The number of hydrogen-bond donors (Lipinski definition) is 1. The van der Waals surface area contributed by atoms with Crippen molar-refractivity contribution in [2.45, 2.75) is 39.4 Å². The van der Waals surface area contributed by atoms with Gasteiger partial charge in [0, 0.05) is 5.69 Å². The van der Waals surface area contributed by atoms with E-state index in [1.807, 2.05) is 36.6 Å². The quantitative estimate of drug-likeness (QED) is 0.663. The molecule has 3 rings (SSSR count). The number of amides is 1. The minimum absolute atomic E-state index is 0.0588. The molecule has 0 aliphatic rings. The maximum absolute atomic E-state index is 12.2. The molecule has 1 N–H and O–H groups in total. The highest BCUT2D eigenvalue weighted by Crippen LogP contribution is 2.24. The van der Waals surface area contributed by atoms with Crippen molar-refractivity contribution in [1.29, 1.82) is 0 Å². The van der Waals surface area contributed by atoms with Gasteiger partial charge in [-0.05, 0) is 57.0 Å². The normalized spacial score (nSPS) is 10.8. The predicted octanol–water partition coefficient (Wildman–Crippen LogP) is 3.30. The minimum Gasteiger partial charge on any atom is -0.350 e. The molecule has 0 saturated carbocycles. The van der Waals surface area contributed by atoms with Crippen LogP contribution in [0.15, 0.2) is 41.6 Å². The van der Waals surface area contributed by atoms with Crippen LogP contribution in [0.3, 0.4) is 0 Å². The number of carbonyl (C=O) groups is 1. The molecule has 0 fully saturated rings. The van der Waals surface area contributed by atoms with Gasteiger partial charge in [0.25, 0.3) is 0 Å². The standard InChI is InChI=1S/C20H23N5OS/c1-13-8-9-14(2)18(10-13)25-16(4)23-24-20(25)27-12-19(26)21-11-17-7-5-6-15(3)22-17/h5-10H,11-12H2,1-4H3,(H,21,26). The van der Waals surface area contributed by atoms with E-state index in [0.717, 1.165) is 28.5 Å². The maximum Gasteiger partial charge on any atom is 0.230 e. The second kappa shape index (κ2) is 8.35. The number of thioether (sulfide) groups is 1. The van der Waals surface area contributed by atoms with E-state index in [0.29, 0.717) is 11.7 Å². The van der Waals surface area contributed by atoms with Gasteiger partial charge >= 0.3 is 0 Å². The molecule has 3 aromatic rings. The Morgan fingerprint density at radius 3 is 2.70 bits per heavy atom. The molecule has 0 atom stereocenters. The molecular formula is C20H23N5OS. The molecule has 7 heteroatoms. The van der Waals surface area contributed by atoms with Crippen LogP contribution in [0.25, 0.3) is 5.69 Å². The zero-order valence-electron chi connectivity index (χ0n) is 16.0. The van der Waals surface area contributed by atoms with Gasteiger partial charge in [0.15, 0.2) is 5.16 Å². The molecule has 0 unspecified atom stereocenters. The lowest BCUT2D eigenvalue weighted by Crippen LogP contribution is -2.25. The highest BCUT2D eigenvalue weighted by atomic mass is 32.2. The number of nitrogens with zero attached hydrogens (tertiary/aromatic N) is 4. The summed E-state index contributed by atoms with van der Waals surface area (Å²) in [5, 5.41) is 12.1. The molecule has 1 aromatic carbocycles. The van der Waals surface area contributed by atoms with Crippen LogP contribution in [0, 0.1) is 27.7 Å². The summed E-state index contributed by atoms with van der Waals surface area (Å²) in [5.74, 6) is 1.02. The van der Waals surface area contributed by atoms with Crippen LogP contribution in [0.4, 0.5) is 0 Å². The molecule has 2 heterocycles. The summed E-state index contributed by atoms with van der Waals surface area (Å²) < 4.78 is 2.00. The molecule has 140 valence electrons. The summed E-state index contributed by atoms with van der Waals surface area (Å²) in [6.07, 6.45) is 0. The number of benzene rings is 1. The highest BCUT2D eigenvalue weighted by molar-refractivity contribution is 7.99. The fourth-order valence-corrected chi connectivity index (χ4v) is 3.56. The van der Waals surface area contributed by atoms with Crippen LogP contribution in [0.1, 0.15) is 28.3 Å². The van der Waals surface area contributed by atoms with Crippen molar-refractivity contribution in [2.24, 2.45) is 0 Å². The third kappa shape index (κ3) is 4.74. The highest BCUT2D eigenvalue weighted by Gasteiger charge is 2.15. The number of aryl methyl sites for hydroxylation is 4. The van der Waals surface area contributed by atoms with Crippen LogP contribution < -0.4 is 5.32 Å². The molecule has 0 saturated heterocycles. The Kier molecular flexibility index (Phi) is 5.91. The summed E-state index contributed by atoms with van der Waals surface area (Å²) in [5.41, 5.74) is 5.14. The minimum atomic E-state index is -0.0588. The van der Waals surface area contributed by atoms with Crippen LogP contribution in [-0.4, -0.2) is 31.4 Å². The summed E-state index contributed by atoms with van der Waals surface area (Å²) in [6, 6.07) is 12.1. The molecule has 0 radical (unpaired) electrons. The Morgan fingerprint density at radius 2 is 1.93 bits per heavy atom. The topological polar surface area (TPSA) is 72.7 Å². The first kappa shape index (κ1) is 19.1. The summed E-state index contributed by atoms with van der Waals surface area (Å²) in [7, 11) is 0. The number of carbonyl (C=O) groups excluding carboxylic acids is 1. The number of aromatic nitrogens is 4. The Hall–Kier alpha value is -2.67. The van der Waals surface area contributed by atoms with Crippen LogP contribution in [0.2, 0.25) is 0 Å². The molecule has 0 spiro atoms. The van der Waals surface area contributed by atoms with Gasteiger partial charge in [-0.25, -0.2) is 0 Å². The Bertz CT molecular complexity index is 967. The molecule has 6 nitrogen and oxygen atoms in total. The van der Waals surface area contributed by atoms with E-state index >= 15 is 0 Å². The van der Waals surface area contributed by atoms with Crippen molar-refractivity contribution in [2.75, 3.05) is 5.75 Å². The van der Waals surface area contributed by atoms with Crippen LogP contribution >= 0.6 is 11.8 Å². The maximum atomic E-state index is 12.2. The summed E-state index contributed by atoms with van der Waals surface area (Å²) >= 11 is 1.38. The fourth-order valence-electron chi connectivity index (χ4n) is 2.74. The van der Waals surface area contributed by atoms with E-state index in [1.54, 1.807) is 0 Å². The predicted molar refractivity (Wildman–Crippen MR) is 107 cm³/mol. The van der Waals surface area contributed by atoms with Gasteiger partial charge in [-0.3, -0.25) is 14.3 Å². The fraction of sp³-hybridized carbons (Fsp3) is 0.300. The lowest BCUT2D eigenvalue weighted by atomic mass is 10.1. The van der Waals surface area contributed by atoms with Crippen LogP contribution in [0.5, 0.6) is 0 Å². The van der Waals surface area contributed by atoms with Gasteiger partial charge in [-0.15, -0.1) is 10.2 Å². The SMILES string of the molecule is Cc1ccc(C)c(-n2c(C)nnc2SCC(=O)NCc2cccc(C)n2)c1. The molecule has 27 heavy (non-hydrogen) atoms. The van der Waals surface area contributed by atoms with Gasteiger partial charge in [0.05, 0.1) is 23.7 Å². The Morgan fingerprint density at radius 1 is 1.11 bits per heavy atom. The molecule has 0 bridgehead atoms. The Balaban J connectivity index is 1.66. The second-order valence-corrected chi connectivity index (χ2v) is 7.43. The number of pyridine rings is 1. The van der Waals surface area contributed by atoms with Gasteiger partial charge in [0.2, 0.25) is 5.91 Å². The van der Waals surface area contributed by atoms with Crippen molar-refractivity contribution >= 4 is 17.7 Å². The zero-order chi connectivity index (χ0) is 19.4. The van der Waals surface area contributed by atoms with Crippen molar-refractivity contribution in [3.8, 4) is 5.69 Å². The molecule has 1 amide bonds. The monoisotopic (exact) mass is 381 g/mol. The average molecular weight is 382 g/mol. The van der Waals surface area contributed by atoms with E-state index < -0.39 is 0 Å². The zero-order valence-corrected chi connectivity index (χ0v) is 16.8. The lowest BCUT2D eigenvalue weighted by Gasteiger charge is -2.12. The molecule has 0 aliphatic carbocycles. The smallest absolute Gasteiger partial charge is 0.230 e. The number of rotatable bonds is 6. The van der Waals surface area contributed by atoms with Crippen LogP contribution in [-0.2, 0) is 11.3 Å². The number of nitrogens with one attached hydrogen (secondary N) is 1. The second-order valence-electron chi connectivity index (χ2n) is 6.49. The first-order valence-corrected chi connectivity index (χ1v) is 9.74. The van der Waals surface area contributed by atoms with E-state index in [2.05, 4.69) is 52.5 Å². The Labute approximate surface area is 163 Å². The van der Waals surface area contributed by atoms with E-state index in [1.165, 1.54) is 17.3 Å². The van der Waals surface area contributed by atoms with Crippen molar-refractivity contribution in [3.63, 3.8) is 0 Å². The largest absolute Gasteiger partial charge is 0.350 e. The van der Waals surface area contributed by atoms with E-state index in [-0.39, 0.29) is 11.7 Å². The van der Waals surface area contributed by atoms with E-state index in [4.69, 9.17) is 0 Å². The first-order chi connectivity index (χ1) is 12.9. The summed E-state index contributed by atoms with van der Waals surface area (Å²) in [4.78, 5) is 16.6. The third-order valence-corrected chi connectivity index (χ3v) is 5.07. The number of hydrogen-bond acceptors (Lipinski definition) is 5. The molecular weight excluding hydrogens is 358 g/mol. The average Bonchev–Trinajstić information content (AvgIpc) is 3.01. The van der Waals surface area contributed by atoms with Gasteiger partial charge in [-0.2, -0.15) is 0 Å². The summed E-state index contributed by atoms with van der Waals surface area (Å²) in [6.45, 7) is 8.39. The van der Waals surface area contributed by atoms with Crippen molar-refractivity contribution < 1.29 is 4.79 Å².